The Hall–Kier alpha value is -0.850. The van der Waals surface area contributed by atoms with E-state index in [0.717, 1.165) is 29.8 Å². The number of nitrogens with one attached hydrogen (secondary N) is 1. The molecule has 3 rings (SSSR count). The fraction of sp³-hybridized carbons (Fsp3) is 0.286. The molecule has 118 valence electrons. The molecule has 0 fully saturated rings. The van der Waals surface area contributed by atoms with Crippen LogP contribution in [-0.4, -0.2) is 16.9 Å². The largest absolute Gasteiger partial charge is 0.327 e. The summed E-state index contributed by atoms with van der Waals surface area (Å²) >= 11 is 13.3. The number of hydrogen-bond acceptors (Lipinski definition) is 4. The van der Waals surface area contributed by atoms with Crippen molar-refractivity contribution in [1.29, 1.82) is 0 Å². The maximum atomic E-state index is 12.2. The third-order valence-electron chi connectivity index (χ3n) is 3.32. The molecule has 1 heterocycles. The summed E-state index contributed by atoms with van der Waals surface area (Å²) in [5.74, 6) is -0.269. The number of anilines is 1. The summed E-state index contributed by atoms with van der Waals surface area (Å²) in [5.41, 5.74) is 7.40. The average Bonchev–Trinajstić information content (AvgIpc) is 2.78. The molecular formula is C14H14Cl3N3OS. The summed E-state index contributed by atoms with van der Waals surface area (Å²) in [7, 11) is 0. The number of nitrogens with zero attached hydrogens (tertiary/aromatic N) is 1. The van der Waals surface area contributed by atoms with Crippen LogP contribution >= 0.6 is 46.9 Å². The third kappa shape index (κ3) is 3.91. The highest BCUT2D eigenvalue weighted by Gasteiger charge is 2.21. The number of carbonyl (C=O) groups is 1. The molecule has 22 heavy (non-hydrogen) atoms. The van der Waals surface area contributed by atoms with Crippen LogP contribution in [0.4, 0.5) is 5.13 Å². The SMILES string of the molecule is Cl.N[C@H]1CCc2nc(NC(=O)c3cc(Cl)cc(Cl)c3)sc2C1. The second-order valence-corrected chi connectivity index (χ2v) is 6.96. The zero-order valence-corrected chi connectivity index (χ0v) is 14.6. The Kier molecular flexibility index (Phi) is 5.69. The Morgan fingerprint density at radius 3 is 2.68 bits per heavy atom. The van der Waals surface area contributed by atoms with Crippen molar-refractivity contribution in [3.8, 4) is 0 Å². The van der Waals surface area contributed by atoms with Gasteiger partial charge in [0.25, 0.3) is 5.91 Å². The summed E-state index contributed by atoms with van der Waals surface area (Å²) in [6, 6.07) is 4.93. The van der Waals surface area contributed by atoms with E-state index in [1.165, 1.54) is 11.3 Å². The zero-order valence-electron chi connectivity index (χ0n) is 11.4. The van der Waals surface area contributed by atoms with E-state index in [2.05, 4.69) is 10.3 Å². The van der Waals surface area contributed by atoms with Crippen molar-refractivity contribution >= 4 is 58.0 Å². The van der Waals surface area contributed by atoms with Gasteiger partial charge < -0.3 is 5.73 Å². The van der Waals surface area contributed by atoms with Crippen molar-refractivity contribution in [2.45, 2.75) is 25.3 Å². The van der Waals surface area contributed by atoms with Crippen molar-refractivity contribution in [1.82, 2.24) is 4.98 Å². The van der Waals surface area contributed by atoms with Gasteiger partial charge in [-0.25, -0.2) is 4.98 Å². The number of rotatable bonds is 2. The van der Waals surface area contributed by atoms with E-state index in [9.17, 15) is 4.79 Å². The van der Waals surface area contributed by atoms with E-state index >= 15 is 0 Å². The highest BCUT2D eigenvalue weighted by molar-refractivity contribution is 7.15. The number of fused-ring (bicyclic) bond motifs is 1. The Morgan fingerprint density at radius 1 is 1.32 bits per heavy atom. The lowest BCUT2D eigenvalue weighted by Crippen LogP contribution is -2.27. The first-order chi connectivity index (χ1) is 10.0. The lowest BCUT2D eigenvalue weighted by atomic mass is 9.99. The van der Waals surface area contributed by atoms with Gasteiger partial charge in [0, 0.05) is 26.5 Å². The topological polar surface area (TPSA) is 68.0 Å². The average molecular weight is 379 g/mol. The lowest BCUT2D eigenvalue weighted by Gasteiger charge is -2.15. The number of benzene rings is 1. The Bertz CT molecular complexity index is 684. The first kappa shape index (κ1) is 17.5. The van der Waals surface area contributed by atoms with Crippen LogP contribution < -0.4 is 11.1 Å². The van der Waals surface area contributed by atoms with Crippen LogP contribution in [0.5, 0.6) is 0 Å². The fourth-order valence-corrected chi connectivity index (χ4v) is 3.93. The fourth-order valence-electron chi connectivity index (χ4n) is 2.31. The van der Waals surface area contributed by atoms with Crippen LogP contribution in [0.3, 0.4) is 0 Å². The summed E-state index contributed by atoms with van der Waals surface area (Å²) in [6.45, 7) is 0. The van der Waals surface area contributed by atoms with E-state index in [-0.39, 0.29) is 24.4 Å². The predicted octanol–water partition coefficient (Wildman–Crippen LogP) is 3.94. The molecule has 0 spiro atoms. The van der Waals surface area contributed by atoms with Crippen molar-refractivity contribution < 1.29 is 4.79 Å². The van der Waals surface area contributed by atoms with Crippen molar-refractivity contribution in [3.63, 3.8) is 0 Å². The van der Waals surface area contributed by atoms with E-state index < -0.39 is 0 Å². The second-order valence-electron chi connectivity index (χ2n) is 5.00. The second kappa shape index (κ2) is 7.15. The highest BCUT2D eigenvalue weighted by atomic mass is 35.5. The van der Waals surface area contributed by atoms with E-state index in [1.807, 2.05) is 0 Å². The number of amides is 1. The molecular weight excluding hydrogens is 365 g/mol. The molecule has 0 aliphatic heterocycles. The van der Waals surface area contributed by atoms with E-state index in [0.29, 0.717) is 20.7 Å². The van der Waals surface area contributed by atoms with Gasteiger partial charge in [-0.2, -0.15) is 0 Å². The molecule has 2 aromatic rings. The van der Waals surface area contributed by atoms with Gasteiger partial charge >= 0.3 is 0 Å². The molecule has 3 N–H and O–H groups in total. The standard InChI is InChI=1S/C14H13Cl2N3OS.ClH/c15-8-3-7(4-9(16)5-8)13(20)19-14-18-11-2-1-10(17)6-12(11)21-14;/h3-5,10H,1-2,6,17H2,(H,18,19,20);1H/t10-;/m0./s1. The third-order valence-corrected chi connectivity index (χ3v) is 4.79. The molecule has 1 aliphatic rings. The smallest absolute Gasteiger partial charge is 0.257 e. The van der Waals surface area contributed by atoms with Crippen LogP contribution in [-0.2, 0) is 12.8 Å². The minimum absolute atomic E-state index is 0. The quantitative estimate of drug-likeness (QED) is 0.831. The van der Waals surface area contributed by atoms with Gasteiger partial charge in [-0.05, 0) is 37.5 Å². The maximum absolute atomic E-state index is 12.2. The van der Waals surface area contributed by atoms with Gasteiger partial charge in [-0.3, -0.25) is 10.1 Å². The van der Waals surface area contributed by atoms with Crippen molar-refractivity contribution in [2.75, 3.05) is 5.32 Å². The summed E-state index contributed by atoms with van der Waals surface area (Å²) < 4.78 is 0. The molecule has 4 nitrogen and oxygen atoms in total. The number of hydrogen-bond donors (Lipinski definition) is 2. The van der Waals surface area contributed by atoms with Gasteiger partial charge in [0.05, 0.1) is 5.69 Å². The molecule has 0 bridgehead atoms. The van der Waals surface area contributed by atoms with Gasteiger partial charge in [0.2, 0.25) is 0 Å². The number of nitrogens with two attached hydrogens (primary N) is 1. The molecule has 0 saturated carbocycles. The number of halogens is 3. The summed E-state index contributed by atoms with van der Waals surface area (Å²) in [6.07, 6.45) is 2.63. The first-order valence-electron chi connectivity index (χ1n) is 6.53. The molecule has 0 unspecified atom stereocenters. The minimum Gasteiger partial charge on any atom is -0.327 e. The maximum Gasteiger partial charge on any atom is 0.257 e. The molecule has 8 heteroatoms. The molecule has 0 radical (unpaired) electrons. The molecule has 1 aromatic carbocycles. The predicted molar refractivity (Wildman–Crippen MR) is 93.8 cm³/mol. The number of aromatic nitrogens is 1. The van der Waals surface area contributed by atoms with Crippen LogP contribution in [0.15, 0.2) is 18.2 Å². The van der Waals surface area contributed by atoms with Gasteiger partial charge in [-0.1, -0.05) is 23.2 Å². The van der Waals surface area contributed by atoms with Crippen LogP contribution in [0, 0.1) is 0 Å². The van der Waals surface area contributed by atoms with Gasteiger partial charge in [-0.15, -0.1) is 23.7 Å². The summed E-state index contributed by atoms with van der Waals surface area (Å²) in [4.78, 5) is 17.8. The Labute approximate surface area is 148 Å². The zero-order chi connectivity index (χ0) is 15.0. The molecule has 0 saturated heterocycles. The van der Waals surface area contributed by atoms with Crippen molar-refractivity contribution in [2.24, 2.45) is 5.73 Å². The molecule has 1 aliphatic carbocycles. The van der Waals surface area contributed by atoms with Crippen LogP contribution in [0.1, 0.15) is 27.3 Å². The number of aryl methyl sites for hydroxylation is 1. The normalized spacial score (nSPS) is 16.6. The van der Waals surface area contributed by atoms with Gasteiger partial charge in [0.1, 0.15) is 0 Å². The monoisotopic (exact) mass is 377 g/mol. The first-order valence-corrected chi connectivity index (χ1v) is 8.10. The van der Waals surface area contributed by atoms with E-state index in [1.54, 1.807) is 18.2 Å². The van der Waals surface area contributed by atoms with Crippen LogP contribution in [0.25, 0.3) is 0 Å². The number of carbonyl (C=O) groups excluding carboxylic acids is 1. The molecule has 1 aromatic heterocycles. The van der Waals surface area contributed by atoms with Crippen molar-refractivity contribution in [3.05, 3.63) is 44.4 Å². The number of thiazole rings is 1. The minimum atomic E-state index is -0.269. The van der Waals surface area contributed by atoms with Gasteiger partial charge in [0.15, 0.2) is 5.13 Å². The van der Waals surface area contributed by atoms with Crippen LogP contribution in [0.2, 0.25) is 10.0 Å². The Balaban J connectivity index is 0.00000176. The molecule has 1 atom stereocenters. The lowest BCUT2D eigenvalue weighted by molar-refractivity contribution is 0.102. The molecule has 1 amide bonds. The highest BCUT2D eigenvalue weighted by Crippen LogP contribution is 2.29. The van der Waals surface area contributed by atoms with E-state index in [4.69, 9.17) is 28.9 Å². The summed E-state index contributed by atoms with van der Waals surface area (Å²) in [5, 5.41) is 4.24. The Morgan fingerprint density at radius 2 is 2.00 bits per heavy atom.